The van der Waals surface area contributed by atoms with E-state index < -0.39 is 6.10 Å². The molecule has 2 atom stereocenters. The number of aliphatic hydroxyl groups excluding tert-OH is 1. The Kier molecular flexibility index (Phi) is 4.05. The molecule has 2 nitrogen and oxygen atoms in total. The number of methoxy groups -OCH3 is 1. The van der Waals surface area contributed by atoms with Gasteiger partial charge in [-0.05, 0) is 61.2 Å². The van der Waals surface area contributed by atoms with Gasteiger partial charge in [0.05, 0.1) is 13.2 Å². The molecule has 0 amide bonds. The molecule has 0 spiro atoms. The van der Waals surface area contributed by atoms with E-state index in [4.69, 9.17) is 4.74 Å². The summed E-state index contributed by atoms with van der Waals surface area (Å²) in [6.45, 7) is 4.13. The van der Waals surface area contributed by atoms with Gasteiger partial charge in [-0.3, -0.25) is 0 Å². The minimum Gasteiger partial charge on any atom is -0.496 e. The Balaban J connectivity index is 2.01. The third-order valence-corrected chi connectivity index (χ3v) is 5.71. The summed E-state index contributed by atoms with van der Waals surface area (Å²) in [7, 11) is 1.69. The number of benzene rings is 1. The highest BCUT2D eigenvalue weighted by Crippen LogP contribution is 2.45. The van der Waals surface area contributed by atoms with Crippen LogP contribution in [-0.2, 0) is 6.42 Å². The predicted molar refractivity (Wildman–Crippen MR) is 87.4 cm³/mol. The van der Waals surface area contributed by atoms with Crippen LogP contribution < -0.4 is 4.74 Å². The molecule has 0 saturated carbocycles. The van der Waals surface area contributed by atoms with E-state index in [9.17, 15) is 5.11 Å². The van der Waals surface area contributed by atoms with Crippen molar-refractivity contribution in [1.82, 2.24) is 0 Å². The first-order valence-corrected chi connectivity index (χ1v) is 8.40. The van der Waals surface area contributed by atoms with Gasteiger partial charge in [0.15, 0.2) is 0 Å². The molecule has 1 aliphatic carbocycles. The maximum absolute atomic E-state index is 11.0. The molecule has 0 saturated heterocycles. The van der Waals surface area contributed by atoms with Crippen molar-refractivity contribution in [2.24, 2.45) is 0 Å². The number of hydrogen-bond donors (Lipinski definition) is 1. The van der Waals surface area contributed by atoms with Crippen LogP contribution in [-0.4, -0.2) is 12.2 Å². The van der Waals surface area contributed by atoms with E-state index >= 15 is 0 Å². The van der Waals surface area contributed by atoms with E-state index in [0.29, 0.717) is 0 Å². The number of ether oxygens (including phenoxy) is 1. The van der Waals surface area contributed by atoms with Gasteiger partial charge in [0.25, 0.3) is 0 Å². The van der Waals surface area contributed by atoms with Crippen LogP contribution in [0, 0.1) is 13.8 Å². The van der Waals surface area contributed by atoms with Gasteiger partial charge in [-0.25, -0.2) is 0 Å². The van der Waals surface area contributed by atoms with E-state index in [-0.39, 0.29) is 5.92 Å². The molecule has 21 heavy (non-hydrogen) atoms. The summed E-state index contributed by atoms with van der Waals surface area (Å²) in [5.41, 5.74) is 4.57. The summed E-state index contributed by atoms with van der Waals surface area (Å²) in [6, 6.07) is 6.28. The van der Waals surface area contributed by atoms with Crippen molar-refractivity contribution in [3.8, 4) is 5.75 Å². The van der Waals surface area contributed by atoms with E-state index in [1.165, 1.54) is 16.0 Å². The number of rotatable bonds is 3. The van der Waals surface area contributed by atoms with Crippen LogP contribution in [0.1, 0.15) is 52.0 Å². The van der Waals surface area contributed by atoms with Gasteiger partial charge in [-0.2, -0.15) is 0 Å². The highest BCUT2D eigenvalue weighted by atomic mass is 32.1. The van der Waals surface area contributed by atoms with Crippen LogP contribution in [0.3, 0.4) is 0 Å². The van der Waals surface area contributed by atoms with Crippen molar-refractivity contribution in [3.05, 3.63) is 50.7 Å². The first-order chi connectivity index (χ1) is 10.1. The zero-order valence-corrected chi connectivity index (χ0v) is 13.7. The lowest BCUT2D eigenvalue weighted by Crippen LogP contribution is -2.16. The van der Waals surface area contributed by atoms with Crippen LogP contribution >= 0.6 is 11.3 Å². The van der Waals surface area contributed by atoms with Crippen molar-refractivity contribution >= 4 is 11.3 Å². The van der Waals surface area contributed by atoms with E-state index in [0.717, 1.165) is 36.1 Å². The molecule has 1 heterocycles. The molecule has 1 aliphatic rings. The molecule has 2 unspecified atom stereocenters. The average molecular weight is 302 g/mol. The summed E-state index contributed by atoms with van der Waals surface area (Å²) in [4.78, 5) is 1.44. The number of aliphatic hydroxyl groups is 1. The van der Waals surface area contributed by atoms with Crippen molar-refractivity contribution in [2.45, 2.75) is 45.1 Å². The molecule has 1 N–H and O–H groups in total. The fraction of sp³-hybridized carbons (Fsp3) is 0.444. The van der Waals surface area contributed by atoms with Crippen LogP contribution in [0.4, 0.5) is 0 Å². The van der Waals surface area contributed by atoms with Gasteiger partial charge in [-0.15, -0.1) is 11.3 Å². The van der Waals surface area contributed by atoms with Crippen LogP contribution in [0.25, 0.3) is 0 Å². The van der Waals surface area contributed by atoms with Crippen molar-refractivity contribution in [1.29, 1.82) is 0 Å². The Labute approximate surface area is 130 Å². The average Bonchev–Trinajstić information content (AvgIpc) is 2.97. The molecule has 0 aliphatic heterocycles. The number of aryl methyl sites for hydroxylation is 2. The minimum absolute atomic E-state index is 0.191. The Hall–Kier alpha value is -1.32. The second kappa shape index (κ2) is 5.82. The highest BCUT2D eigenvalue weighted by Gasteiger charge is 2.30. The smallest absolute Gasteiger partial charge is 0.127 e. The lowest BCUT2D eigenvalue weighted by Gasteiger charge is -2.29. The zero-order chi connectivity index (χ0) is 15.0. The second-order valence-corrected chi connectivity index (χ2v) is 6.87. The van der Waals surface area contributed by atoms with Crippen LogP contribution in [0.5, 0.6) is 5.75 Å². The third-order valence-electron chi connectivity index (χ3n) is 4.71. The van der Waals surface area contributed by atoms with Gasteiger partial charge in [0, 0.05) is 16.4 Å². The second-order valence-electron chi connectivity index (χ2n) is 5.87. The predicted octanol–water partition coefficient (Wildman–Crippen LogP) is 4.53. The number of fused-ring (bicyclic) bond motifs is 1. The van der Waals surface area contributed by atoms with Crippen molar-refractivity contribution < 1.29 is 9.84 Å². The lowest BCUT2D eigenvalue weighted by atomic mass is 9.80. The molecule has 3 heteroatoms. The highest BCUT2D eigenvalue weighted by molar-refractivity contribution is 7.10. The van der Waals surface area contributed by atoms with Gasteiger partial charge in [0.1, 0.15) is 5.75 Å². The zero-order valence-electron chi connectivity index (χ0n) is 12.8. The molecule has 112 valence electrons. The standard InChI is InChI=1S/C18H22O2S/c1-11-7-8-15(18(20-3)12(11)2)17(19)14-5-4-6-16-13(14)9-10-21-16/h7-10,14,17,19H,4-6H2,1-3H3. The Morgan fingerprint density at radius 3 is 2.86 bits per heavy atom. The molecular formula is C18H22O2S. The first kappa shape index (κ1) is 14.6. The maximum atomic E-state index is 11.0. The van der Waals surface area contributed by atoms with Gasteiger partial charge in [-0.1, -0.05) is 12.1 Å². The lowest BCUT2D eigenvalue weighted by molar-refractivity contribution is 0.133. The molecule has 2 aromatic rings. The molecule has 3 rings (SSSR count). The molecular weight excluding hydrogens is 280 g/mol. The largest absolute Gasteiger partial charge is 0.496 e. The summed E-state index contributed by atoms with van der Waals surface area (Å²) in [6.07, 6.45) is 2.86. The summed E-state index contributed by atoms with van der Waals surface area (Å²) in [5.74, 6) is 1.03. The van der Waals surface area contributed by atoms with Crippen LogP contribution in [0.15, 0.2) is 23.6 Å². The Morgan fingerprint density at radius 1 is 1.29 bits per heavy atom. The fourth-order valence-corrected chi connectivity index (χ4v) is 4.38. The van der Waals surface area contributed by atoms with E-state index in [1.807, 2.05) is 17.4 Å². The quantitative estimate of drug-likeness (QED) is 0.903. The summed E-state index contributed by atoms with van der Waals surface area (Å²) < 4.78 is 5.58. The normalized spacial score (nSPS) is 19.1. The summed E-state index contributed by atoms with van der Waals surface area (Å²) >= 11 is 1.81. The topological polar surface area (TPSA) is 29.5 Å². The van der Waals surface area contributed by atoms with Gasteiger partial charge >= 0.3 is 0 Å². The summed E-state index contributed by atoms with van der Waals surface area (Å²) in [5, 5.41) is 13.1. The first-order valence-electron chi connectivity index (χ1n) is 7.52. The Bertz CT molecular complexity index is 645. The molecule has 0 fully saturated rings. The fourth-order valence-electron chi connectivity index (χ4n) is 3.38. The minimum atomic E-state index is -0.493. The van der Waals surface area contributed by atoms with Crippen molar-refractivity contribution in [2.75, 3.05) is 7.11 Å². The molecule has 1 aromatic heterocycles. The van der Waals surface area contributed by atoms with Crippen molar-refractivity contribution in [3.63, 3.8) is 0 Å². The van der Waals surface area contributed by atoms with Crippen LogP contribution in [0.2, 0.25) is 0 Å². The van der Waals surface area contributed by atoms with Gasteiger partial charge in [0.2, 0.25) is 0 Å². The van der Waals surface area contributed by atoms with Gasteiger partial charge < -0.3 is 9.84 Å². The monoisotopic (exact) mass is 302 g/mol. The number of hydrogen-bond acceptors (Lipinski definition) is 3. The molecule has 0 radical (unpaired) electrons. The molecule has 0 bridgehead atoms. The third kappa shape index (κ3) is 2.49. The maximum Gasteiger partial charge on any atom is 0.127 e. The van der Waals surface area contributed by atoms with E-state index in [1.54, 1.807) is 7.11 Å². The Morgan fingerprint density at radius 2 is 2.10 bits per heavy atom. The molecule has 1 aromatic carbocycles. The van der Waals surface area contributed by atoms with E-state index in [2.05, 4.69) is 31.4 Å². The SMILES string of the molecule is COc1c(C(O)C2CCCc3sccc32)ccc(C)c1C. The number of thiophene rings is 1.